The number of aromatic nitrogens is 2. The van der Waals surface area contributed by atoms with Crippen LogP contribution in [0.3, 0.4) is 0 Å². The number of amides is 2. The third-order valence-electron chi connectivity index (χ3n) is 4.43. The van der Waals surface area contributed by atoms with Crippen LogP contribution in [0.2, 0.25) is 0 Å². The van der Waals surface area contributed by atoms with Gasteiger partial charge in [-0.15, -0.1) is 10.2 Å². The number of anilines is 2. The second-order valence-corrected chi connectivity index (χ2v) is 6.67. The van der Waals surface area contributed by atoms with Crippen LogP contribution in [-0.2, 0) is 9.59 Å². The molecule has 0 fully saturated rings. The van der Waals surface area contributed by atoms with Crippen molar-refractivity contribution in [3.63, 3.8) is 0 Å². The molecule has 0 bridgehead atoms. The first kappa shape index (κ1) is 20.9. The van der Waals surface area contributed by atoms with E-state index in [4.69, 9.17) is 0 Å². The highest BCUT2D eigenvalue weighted by Gasteiger charge is 2.35. The minimum Gasteiger partial charge on any atom is -0.366 e. The summed E-state index contributed by atoms with van der Waals surface area (Å²) in [7, 11) is 0. The van der Waals surface area contributed by atoms with Crippen molar-refractivity contribution < 1.29 is 19.2 Å². The van der Waals surface area contributed by atoms with Crippen LogP contribution in [0.15, 0.2) is 24.3 Å². The Hall–Kier alpha value is -3.82. The number of rotatable bonds is 8. The van der Waals surface area contributed by atoms with Crippen LogP contribution in [0, 0.1) is 0 Å². The van der Waals surface area contributed by atoms with Gasteiger partial charge >= 0.3 is 0 Å². The van der Waals surface area contributed by atoms with E-state index in [2.05, 4.69) is 31.5 Å². The summed E-state index contributed by atoms with van der Waals surface area (Å²) in [6.07, 6.45) is 0. The molecule has 0 spiro atoms. The van der Waals surface area contributed by atoms with Gasteiger partial charge in [-0.1, -0.05) is 24.3 Å². The summed E-state index contributed by atoms with van der Waals surface area (Å²) in [5.74, 6) is -0.664. The van der Waals surface area contributed by atoms with Gasteiger partial charge in [0.25, 0.3) is 0 Å². The number of carbonyl (C=O) groups is 4. The van der Waals surface area contributed by atoms with E-state index < -0.39 is 0 Å². The molecule has 1 aliphatic carbocycles. The molecule has 1 aromatic carbocycles. The Bertz CT molecular complexity index is 940. The van der Waals surface area contributed by atoms with Crippen LogP contribution in [0.1, 0.15) is 45.7 Å². The van der Waals surface area contributed by atoms with Gasteiger partial charge in [0.2, 0.25) is 11.8 Å². The monoisotopic (exact) mass is 410 g/mol. The maximum absolute atomic E-state index is 13.2. The van der Waals surface area contributed by atoms with E-state index in [0.717, 1.165) is 0 Å². The van der Waals surface area contributed by atoms with Crippen LogP contribution in [0.5, 0.6) is 0 Å². The maximum atomic E-state index is 13.2. The van der Waals surface area contributed by atoms with E-state index in [0.29, 0.717) is 37.3 Å². The molecule has 2 aromatic rings. The molecule has 10 nitrogen and oxygen atoms in total. The normalized spacial score (nSPS) is 11.9. The Morgan fingerprint density at radius 3 is 1.50 bits per heavy atom. The molecule has 0 aliphatic heterocycles. The first-order valence-electron chi connectivity index (χ1n) is 9.46. The predicted octanol–water partition coefficient (Wildman–Crippen LogP) is 0.348. The van der Waals surface area contributed by atoms with Crippen LogP contribution < -0.4 is 21.3 Å². The van der Waals surface area contributed by atoms with Crippen molar-refractivity contribution in [2.24, 2.45) is 0 Å². The average molecular weight is 410 g/mol. The molecular formula is C20H22N6O4. The number of benzene rings is 1. The second-order valence-electron chi connectivity index (χ2n) is 6.67. The van der Waals surface area contributed by atoms with Crippen molar-refractivity contribution in [2.45, 2.75) is 13.8 Å². The Kier molecular flexibility index (Phi) is 6.35. The van der Waals surface area contributed by atoms with E-state index in [9.17, 15) is 19.2 Å². The first-order chi connectivity index (χ1) is 14.4. The van der Waals surface area contributed by atoms with E-state index in [1.807, 2.05) is 0 Å². The zero-order valence-corrected chi connectivity index (χ0v) is 16.7. The third kappa shape index (κ3) is 4.43. The molecule has 156 valence electrons. The molecule has 0 saturated carbocycles. The minimum atomic E-state index is -0.331. The average Bonchev–Trinajstić information content (AvgIpc) is 2.72. The van der Waals surface area contributed by atoms with E-state index in [-0.39, 0.29) is 46.1 Å². The van der Waals surface area contributed by atoms with Gasteiger partial charge in [0.1, 0.15) is 0 Å². The Morgan fingerprint density at radius 2 is 1.13 bits per heavy atom. The van der Waals surface area contributed by atoms with Gasteiger partial charge in [0.05, 0.1) is 11.1 Å². The number of nitrogens with one attached hydrogen (secondary N) is 4. The second kappa shape index (κ2) is 9.12. The topological polar surface area (TPSA) is 142 Å². The Labute approximate surface area is 172 Å². The summed E-state index contributed by atoms with van der Waals surface area (Å²) < 4.78 is 0. The number of hydrogen-bond donors (Lipinski definition) is 4. The van der Waals surface area contributed by atoms with Gasteiger partial charge in [0.15, 0.2) is 23.2 Å². The summed E-state index contributed by atoms with van der Waals surface area (Å²) in [5.41, 5.74) is 0.881. The lowest BCUT2D eigenvalue weighted by Crippen LogP contribution is -2.30. The molecule has 2 amide bonds. The van der Waals surface area contributed by atoms with Crippen molar-refractivity contribution in [1.82, 2.24) is 20.8 Å². The molecule has 1 aliphatic rings. The van der Waals surface area contributed by atoms with Gasteiger partial charge in [0, 0.05) is 51.2 Å². The van der Waals surface area contributed by atoms with Crippen LogP contribution in [-0.4, -0.2) is 59.8 Å². The molecule has 1 aromatic heterocycles. The zero-order chi connectivity index (χ0) is 21.7. The highest BCUT2D eigenvalue weighted by molar-refractivity contribution is 6.31. The maximum Gasteiger partial charge on any atom is 0.216 e. The SMILES string of the molecule is CC(=O)NCCNc1nnc(NCCNC(C)=O)c2c1C(=O)c1ccccc1C2=O. The summed E-state index contributed by atoms with van der Waals surface area (Å²) in [5, 5.41) is 19.4. The Balaban J connectivity index is 1.93. The Morgan fingerprint density at radius 1 is 0.733 bits per heavy atom. The van der Waals surface area contributed by atoms with Gasteiger partial charge < -0.3 is 21.3 Å². The van der Waals surface area contributed by atoms with Crippen molar-refractivity contribution in [3.8, 4) is 0 Å². The third-order valence-corrected chi connectivity index (χ3v) is 4.43. The summed E-state index contributed by atoms with van der Waals surface area (Å²) in [6, 6.07) is 6.59. The molecule has 3 rings (SSSR count). The molecular weight excluding hydrogens is 388 g/mol. The van der Waals surface area contributed by atoms with Crippen molar-refractivity contribution in [2.75, 3.05) is 36.8 Å². The quantitative estimate of drug-likeness (QED) is 0.390. The van der Waals surface area contributed by atoms with Crippen molar-refractivity contribution >= 4 is 35.0 Å². The molecule has 0 radical (unpaired) electrons. The number of hydrogen-bond acceptors (Lipinski definition) is 8. The smallest absolute Gasteiger partial charge is 0.216 e. The molecule has 0 saturated heterocycles. The van der Waals surface area contributed by atoms with E-state index >= 15 is 0 Å². The predicted molar refractivity (Wildman–Crippen MR) is 110 cm³/mol. The summed E-state index contributed by atoms with van der Waals surface area (Å²) in [6.45, 7) is 4.06. The van der Waals surface area contributed by atoms with Crippen LogP contribution >= 0.6 is 0 Å². The fraction of sp³-hybridized carbons (Fsp3) is 0.300. The lowest BCUT2D eigenvalue weighted by Gasteiger charge is -2.22. The molecule has 10 heteroatoms. The summed E-state index contributed by atoms with van der Waals surface area (Å²) >= 11 is 0. The lowest BCUT2D eigenvalue weighted by atomic mass is 9.84. The fourth-order valence-corrected chi connectivity index (χ4v) is 3.11. The number of ketones is 2. The standard InChI is InChI=1S/C20H22N6O4/c1-11(27)21-7-9-23-19-15-16(20(26-25-19)24-10-8-22-12(2)28)18(30)14-6-4-3-5-13(14)17(15)29/h3-6H,7-10H2,1-2H3,(H,21,27)(H,22,28)(H,23,25)(H,24,26). The first-order valence-corrected chi connectivity index (χ1v) is 9.46. The van der Waals surface area contributed by atoms with Gasteiger partial charge in [-0.25, -0.2) is 0 Å². The highest BCUT2D eigenvalue weighted by atomic mass is 16.2. The minimum absolute atomic E-state index is 0.138. The molecule has 0 unspecified atom stereocenters. The molecule has 4 N–H and O–H groups in total. The largest absolute Gasteiger partial charge is 0.366 e. The van der Waals surface area contributed by atoms with E-state index in [1.165, 1.54) is 13.8 Å². The molecule has 1 heterocycles. The molecule has 30 heavy (non-hydrogen) atoms. The molecule has 0 atom stereocenters. The van der Waals surface area contributed by atoms with Gasteiger partial charge in [-0.05, 0) is 0 Å². The highest BCUT2D eigenvalue weighted by Crippen LogP contribution is 2.33. The van der Waals surface area contributed by atoms with Crippen LogP contribution in [0.25, 0.3) is 0 Å². The van der Waals surface area contributed by atoms with E-state index in [1.54, 1.807) is 24.3 Å². The lowest BCUT2D eigenvalue weighted by molar-refractivity contribution is -0.119. The number of carbonyl (C=O) groups excluding carboxylic acids is 4. The zero-order valence-electron chi connectivity index (χ0n) is 16.7. The van der Waals surface area contributed by atoms with Crippen molar-refractivity contribution in [3.05, 3.63) is 46.5 Å². The number of nitrogens with zero attached hydrogens (tertiary/aromatic N) is 2. The summed E-state index contributed by atoms with van der Waals surface area (Å²) in [4.78, 5) is 48.4. The van der Waals surface area contributed by atoms with Gasteiger partial charge in [-0.3, -0.25) is 19.2 Å². The van der Waals surface area contributed by atoms with Crippen LogP contribution in [0.4, 0.5) is 11.6 Å². The van der Waals surface area contributed by atoms with Crippen molar-refractivity contribution in [1.29, 1.82) is 0 Å². The van der Waals surface area contributed by atoms with Gasteiger partial charge in [-0.2, -0.15) is 0 Å². The fourth-order valence-electron chi connectivity index (χ4n) is 3.11. The number of fused-ring (bicyclic) bond motifs is 2.